The fraction of sp³-hybridized carbons (Fsp3) is 0.667. The van der Waals surface area contributed by atoms with Crippen LogP contribution < -0.4 is 5.32 Å². The predicted molar refractivity (Wildman–Crippen MR) is 46.0 cm³/mol. The summed E-state index contributed by atoms with van der Waals surface area (Å²) in [5.74, 6) is 2.31. The van der Waals surface area contributed by atoms with Gasteiger partial charge in [-0.3, -0.25) is 0 Å². The maximum atomic E-state index is 5.59. The van der Waals surface area contributed by atoms with Gasteiger partial charge in [-0.2, -0.15) is 0 Å². The average Bonchev–Trinajstić information content (AvgIpc) is 2.46. The first-order valence-electron chi connectivity index (χ1n) is 4.46. The molecule has 0 amide bonds. The summed E-state index contributed by atoms with van der Waals surface area (Å²) in [6.45, 7) is 6.07. The van der Waals surface area contributed by atoms with Crippen molar-refractivity contribution in [1.82, 2.24) is 10.3 Å². The first-order chi connectivity index (χ1) is 5.77. The van der Waals surface area contributed by atoms with Crippen molar-refractivity contribution < 1.29 is 4.42 Å². The quantitative estimate of drug-likeness (QED) is 0.686. The fourth-order valence-electron chi connectivity index (χ4n) is 1.39. The fourth-order valence-corrected chi connectivity index (χ4v) is 1.39. The van der Waals surface area contributed by atoms with Crippen LogP contribution in [0.4, 0.5) is 0 Å². The van der Waals surface area contributed by atoms with Crippen molar-refractivity contribution in [3.05, 3.63) is 17.3 Å². The molecule has 2 rings (SSSR count). The number of nitrogens with zero attached hydrogens (tertiary/aromatic N) is 1. The van der Waals surface area contributed by atoms with Gasteiger partial charge in [0.15, 0.2) is 5.89 Å². The van der Waals surface area contributed by atoms with Gasteiger partial charge in [0.25, 0.3) is 0 Å². The number of hydrogen-bond donors (Lipinski definition) is 1. The molecule has 1 aromatic heterocycles. The van der Waals surface area contributed by atoms with Crippen LogP contribution in [0.2, 0.25) is 0 Å². The van der Waals surface area contributed by atoms with E-state index < -0.39 is 0 Å². The van der Waals surface area contributed by atoms with Crippen LogP contribution >= 0.6 is 0 Å². The van der Waals surface area contributed by atoms with E-state index in [1.165, 1.54) is 0 Å². The van der Waals surface area contributed by atoms with Crippen molar-refractivity contribution in [2.24, 2.45) is 0 Å². The molecule has 0 aliphatic carbocycles. The molecule has 66 valence electrons. The van der Waals surface area contributed by atoms with Crippen LogP contribution in [0, 0.1) is 0 Å². The van der Waals surface area contributed by atoms with Gasteiger partial charge in [0.2, 0.25) is 0 Å². The number of aromatic nitrogens is 1. The summed E-state index contributed by atoms with van der Waals surface area (Å²) >= 11 is 0. The Kier molecular flexibility index (Phi) is 1.89. The van der Waals surface area contributed by atoms with Gasteiger partial charge in [0, 0.05) is 18.9 Å². The largest absolute Gasteiger partial charge is 0.444 e. The summed E-state index contributed by atoms with van der Waals surface area (Å²) in [6.07, 6.45) is 1.01. The SMILES string of the molecule is CC(C)c1nc2c(o1)CNCC2. The highest BCUT2D eigenvalue weighted by Gasteiger charge is 2.17. The van der Waals surface area contributed by atoms with Crippen molar-refractivity contribution in [3.8, 4) is 0 Å². The molecule has 0 fully saturated rings. The molecule has 0 aromatic carbocycles. The molecule has 3 heteroatoms. The van der Waals surface area contributed by atoms with Gasteiger partial charge in [0.1, 0.15) is 5.76 Å². The minimum atomic E-state index is 0.399. The van der Waals surface area contributed by atoms with Crippen LogP contribution in [0.3, 0.4) is 0 Å². The van der Waals surface area contributed by atoms with E-state index in [1.54, 1.807) is 0 Å². The topological polar surface area (TPSA) is 38.1 Å². The highest BCUT2D eigenvalue weighted by molar-refractivity contribution is 5.14. The molecule has 0 saturated heterocycles. The summed E-state index contributed by atoms with van der Waals surface area (Å²) in [5.41, 5.74) is 1.15. The molecule has 2 heterocycles. The number of rotatable bonds is 1. The Morgan fingerprint density at radius 2 is 2.33 bits per heavy atom. The second kappa shape index (κ2) is 2.90. The van der Waals surface area contributed by atoms with Crippen LogP contribution in [-0.4, -0.2) is 11.5 Å². The molecule has 12 heavy (non-hydrogen) atoms. The Bertz CT molecular complexity index is 255. The van der Waals surface area contributed by atoms with Crippen molar-refractivity contribution in [1.29, 1.82) is 0 Å². The number of nitrogens with one attached hydrogen (secondary N) is 1. The van der Waals surface area contributed by atoms with E-state index in [0.717, 1.165) is 36.9 Å². The molecule has 0 atom stereocenters. The Hall–Kier alpha value is -0.830. The lowest BCUT2D eigenvalue weighted by Crippen LogP contribution is -2.22. The second-order valence-corrected chi connectivity index (χ2v) is 3.50. The molecule has 3 nitrogen and oxygen atoms in total. The smallest absolute Gasteiger partial charge is 0.197 e. The van der Waals surface area contributed by atoms with Crippen LogP contribution in [0.1, 0.15) is 37.1 Å². The predicted octanol–water partition coefficient (Wildman–Crippen LogP) is 1.44. The van der Waals surface area contributed by atoms with Crippen molar-refractivity contribution in [2.45, 2.75) is 32.7 Å². The molecular weight excluding hydrogens is 152 g/mol. The van der Waals surface area contributed by atoms with Gasteiger partial charge in [-0.1, -0.05) is 13.8 Å². The molecule has 0 bridgehead atoms. The zero-order valence-corrected chi connectivity index (χ0v) is 7.55. The number of fused-ring (bicyclic) bond motifs is 1. The van der Waals surface area contributed by atoms with E-state index in [2.05, 4.69) is 24.1 Å². The summed E-state index contributed by atoms with van der Waals surface area (Å²) in [7, 11) is 0. The average molecular weight is 166 g/mol. The Morgan fingerprint density at radius 1 is 1.50 bits per heavy atom. The minimum Gasteiger partial charge on any atom is -0.444 e. The van der Waals surface area contributed by atoms with Crippen molar-refractivity contribution in [2.75, 3.05) is 6.54 Å². The van der Waals surface area contributed by atoms with Gasteiger partial charge in [0.05, 0.1) is 12.2 Å². The van der Waals surface area contributed by atoms with Gasteiger partial charge >= 0.3 is 0 Å². The van der Waals surface area contributed by atoms with E-state index in [-0.39, 0.29) is 0 Å². The molecule has 0 saturated carbocycles. The molecule has 1 aliphatic rings. The second-order valence-electron chi connectivity index (χ2n) is 3.50. The van der Waals surface area contributed by atoms with Gasteiger partial charge in [-0.25, -0.2) is 4.98 Å². The van der Waals surface area contributed by atoms with E-state index >= 15 is 0 Å². The molecule has 1 aromatic rings. The maximum Gasteiger partial charge on any atom is 0.197 e. The highest BCUT2D eigenvalue weighted by Crippen LogP contribution is 2.20. The van der Waals surface area contributed by atoms with Crippen molar-refractivity contribution in [3.63, 3.8) is 0 Å². The lowest BCUT2D eigenvalue weighted by molar-refractivity contribution is 0.415. The van der Waals surface area contributed by atoms with Crippen LogP contribution in [-0.2, 0) is 13.0 Å². The first kappa shape index (κ1) is 7.80. The maximum absolute atomic E-state index is 5.59. The molecule has 1 N–H and O–H groups in total. The molecular formula is C9H14N2O. The van der Waals surface area contributed by atoms with Crippen LogP contribution in [0.25, 0.3) is 0 Å². The molecule has 1 aliphatic heterocycles. The minimum absolute atomic E-state index is 0.399. The zero-order chi connectivity index (χ0) is 8.55. The number of hydrogen-bond acceptors (Lipinski definition) is 3. The lowest BCUT2D eigenvalue weighted by Gasteiger charge is -2.08. The Morgan fingerprint density at radius 3 is 3.00 bits per heavy atom. The molecule has 0 unspecified atom stereocenters. The number of oxazole rings is 1. The van der Waals surface area contributed by atoms with Crippen LogP contribution in [0.5, 0.6) is 0 Å². The van der Waals surface area contributed by atoms with Gasteiger partial charge in [-0.15, -0.1) is 0 Å². The van der Waals surface area contributed by atoms with E-state index in [9.17, 15) is 0 Å². The third-order valence-electron chi connectivity index (χ3n) is 2.11. The summed E-state index contributed by atoms with van der Waals surface area (Å²) < 4.78 is 5.59. The normalized spacial score (nSPS) is 16.6. The van der Waals surface area contributed by atoms with Crippen LogP contribution in [0.15, 0.2) is 4.42 Å². The lowest BCUT2D eigenvalue weighted by atomic mass is 10.2. The van der Waals surface area contributed by atoms with Crippen molar-refractivity contribution >= 4 is 0 Å². The Labute approximate surface area is 72.2 Å². The zero-order valence-electron chi connectivity index (χ0n) is 7.55. The van der Waals surface area contributed by atoms with Gasteiger partial charge in [-0.05, 0) is 0 Å². The van der Waals surface area contributed by atoms with E-state index in [1.807, 2.05) is 0 Å². The standard InChI is InChI=1S/C9H14N2O/c1-6(2)9-11-7-3-4-10-5-8(7)12-9/h6,10H,3-5H2,1-2H3. The Balaban J connectivity index is 2.32. The van der Waals surface area contributed by atoms with E-state index in [4.69, 9.17) is 4.42 Å². The summed E-state index contributed by atoms with van der Waals surface area (Å²) in [4.78, 5) is 4.44. The monoisotopic (exact) mass is 166 g/mol. The third kappa shape index (κ3) is 1.25. The van der Waals surface area contributed by atoms with Gasteiger partial charge < -0.3 is 9.73 Å². The highest BCUT2D eigenvalue weighted by atomic mass is 16.4. The summed E-state index contributed by atoms with van der Waals surface area (Å²) in [6, 6.07) is 0. The molecule has 0 spiro atoms. The molecule has 0 radical (unpaired) electrons. The first-order valence-corrected chi connectivity index (χ1v) is 4.46. The van der Waals surface area contributed by atoms with E-state index in [0.29, 0.717) is 5.92 Å². The third-order valence-corrected chi connectivity index (χ3v) is 2.11. The summed E-state index contributed by atoms with van der Waals surface area (Å²) in [5, 5.41) is 3.26.